The largest absolute Gasteiger partial charge is 0.460 e. The topological polar surface area (TPSA) is 55.8 Å². The van der Waals surface area contributed by atoms with Crippen molar-refractivity contribution >= 4 is 23.7 Å². The van der Waals surface area contributed by atoms with Crippen molar-refractivity contribution in [3.8, 4) is 0 Å². The highest BCUT2D eigenvalue weighted by Gasteiger charge is 2.47. The van der Waals surface area contributed by atoms with Gasteiger partial charge in [0.25, 0.3) is 0 Å². The van der Waals surface area contributed by atoms with E-state index in [1.807, 2.05) is 62.3 Å². The van der Waals surface area contributed by atoms with Gasteiger partial charge in [0.1, 0.15) is 19.2 Å². The molecule has 0 amide bonds. The van der Waals surface area contributed by atoms with Gasteiger partial charge >= 0.3 is 11.9 Å². The predicted octanol–water partition coefficient (Wildman–Crippen LogP) is 2.69. The summed E-state index contributed by atoms with van der Waals surface area (Å²) in [7, 11) is 0. The van der Waals surface area contributed by atoms with E-state index >= 15 is 0 Å². The van der Waals surface area contributed by atoms with Gasteiger partial charge in [0.15, 0.2) is 6.23 Å². The highest BCUT2D eigenvalue weighted by Crippen LogP contribution is 2.33. The van der Waals surface area contributed by atoms with Crippen molar-refractivity contribution in [2.45, 2.75) is 39.6 Å². The monoisotopic (exact) mass is 351 g/mol. The van der Waals surface area contributed by atoms with Crippen LogP contribution in [0.3, 0.4) is 0 Å². The van der Waals surface area contributed by atoms with Crippen LogP contribution >= 0.6 is 11.8 Å². The quantitative estimate of drug-likeness (QED) is 0.735. The summed E-state index contributed by atoms with van der Waals surface area (Å²) in [5, 5.41) is 0. The molecule has 0 unspecified atom stereocenters. The van der Waals surface area contributed by atoms with Gasteiger partial charge in [0.2, 0.25) is 0 Å². The number of hydrogen-bond donors (Lipinski definition) is 0. The SMILES string of the molecule is CSC[C@@H]1C(=O)O[C@H](C(C)(C)C)N1CC(=O)OCc1ccccc1. The summed E-state index contributed by atoms with van der Waals surface area (Å²) in [6, 6.07) is 9.13. The van der Waals surface area contributed by atoms with Crippen LogP contribution in [0, 0.1) is 5.41 Å². The third-order valence-corrected chi connectivity index (χ3v) is 4.47. The smallest absolute Gasteiger partial charge is 0.325 e. The number of nitrogens with zero attached hydrogens (tertiary/aromatic N) is 1. The van der Waals surface area contributed by atoms with Crippen LogP contribution in [0.2, 0.25) is 0 Å². The van der Waals surface area contributed by atoms with E-state index in [0.717, 1.165) is 5.56 Å². The van der Waals surface area contributed by atoms with Gasteiger partial charge in [-0.1, -0.05) is 51.1 Å². The molecule has 6 heteroatoms. The zero-order valence-electron chi connectivity index (χ0n) is 14.7. The Morgan fingerprint density at radius 1 is 1.29 bits per heavy atom. The number of carbonyl (C=O) groups is 2. The Hall–Kier alpha value is -1.53. The lowest BCUT2D eigenvalue weighted by atomic mass is 9.93. The first-order chi connectivity index (χ1) is 11.3. The fourth-order valence-corrected chi connectivity index (χ4v) is 3.32. The number of carbonyl (C=O) groups excluding carboxylic acids is 2. The van der Waals surface area contributed by atoms with E-state index in [4.69, 9.17) is 9.47 Å². The molecule has 0 aromatic heterocycles. The molecule has 1 heterocycles. The molecule has 0 spiro atoms. The van der Waals surface area contributed by atoms with E-state index in [-0.39, 0.29) is 30.5 Å². The van der Waals surface area contributed by atoms with Gasteiger partial charge in [0.05, 0.1) is 0 Å². The summed E-state index contributed by atoms with van der Waals surface area (Å²) in [4.78, 5) is 26.3. The van der Waals surface area contributed by atoms with E-state index in [1.165, 1.54) is 0 Å². The van der Waals surface area contributed by atoms with Crippen molar-refractivity contribution in [2.24, 2.45) is 5.41 Å². The minimum absolute atomic E-state index is 0.0474. The molecule has 2 atom stereocenters. The maximum atomic E-state index is 12.3. The first kappa shape index (κ1) is 18.8. The van der Waals surface area contributed by atoms with Crippen LogP contribution in [0.5, 0.6) is 0 Å². The molecule has 1 aliphatic heterocycles. The lowest BCUT2D eigenvalue weighted by Gasteiger charge is -2.33. The van der Waals surface area contributed by atoms with E-state index in [1.54, 1.807) is 11.8 Å². The number of rotatable bonds is 6. The molecule has 0 radical (unpaired) electrons. The maximum Gasteiger partial charge on any atom is 0.325 e. The van der Waals surface area contributed by atoms with Gasteiger partial charge < -0.3 is 9.47 Å². The van der Waals surface area contributed by atoms with E-state index in [9.17, 15) is 9.59 Å². The van der Waals surface area contributed by atoms with Gasteiger partial charge in [-0.25, -0.2) is 4.90 Å². The number of cyclic esters (lactones) is 1. The molecule has 5 nitrogen and oxygen atoms in total. The Labute approximate surface area is 147 Å². The number of thioether (sulfide) groups is 1. The van der Waals surface area contributed by atoms with Gasteiger partial charge in [-0.15, -0.1) is 0 Å². The van der Waals surface area contributed by atoms with E-state index in [0.29, 0.717) is 5.75 Å². The van der Waals surface area contributed by atoms with Crippen molar-refractivity contribution in [1.29, 1.82) is 0 Å². The van der Waals surface area contributed by atoms with Crippen molar-refractivity contribution in [2.75, 3.05) is 18.6 Å². The van der Waals surface area contributed by atoms with Crippen LogP contribution in [0.1, 0.15) is 26.3 Å². The zero-order chi connectivity index (χ0) is 17.7. The second-order valence-corrected chi connectivity index (χ2v) is 7.86. The zero-order valence-corrected chi connectivity index (χ0v) is 15.5. The molecular weight excluding hydrogens is 326 g/mol. The third kappa shape index (κ3) is 4.74. The van der Waals surface area contributed by atoms with E-state index in [2.05, 4.69) is 0 Å². The Bertz CT molecular complexity index is 570. The highest BCUT2D eigenvalue weighted by atomic mass is 32.2. The van der Waals surface area contributed by atoms with Crippen LogP contribution in [-0.4, -0.2) is 47.7 Å². The average molecular weight is 351 g/mol. The fourth-order valence-electron chi connectivity index (χ4n) is 2.68. The first-order valence-corrected chi connectivity index (χ1v) is 9.37. The number of ether oxygens (including phenoxy) is 2. The molecule has 24 heavy (non-hydrogen) atoms. The predicted molar refractivity (Wildman–Crippen MR) is 94.4 cm³/mol. The molecule has 0 aliphatic carbocycles. The Morgan fingerprint density at radius 3 is 2.54 bits per heavy atom. The minimum atomic E-state index is -0.425. The van der Waals surface area contributed by atoms with Crippen LogP contribution < -0.4 is 0 Å². The van der Waals surface area contributed by atoms with Gasteiger partial charge in [-0.3, -0.25) is 9.59 Å². The number of benzene rings is 1. The molecule has 1 fully saturated rings. The van der Waals surface area contributed by atoms with Crippen molar-refractivity contribution in [1.82, 2.24) is 4.90 Å². The Morgan fingerprint density at radius 2 is 1.96 bits per heavy atom. The first-order valence-electron chi connectivity index (χ1n) is 7.97. The summed E-state index contributed by atoms with van der Waals surface area (Å²) in [5.41, 5.74) is 0.662. The molecule has 2 rings (SSSR count). The van der Waals surface area contributed by atoms with Crippen LogP contribution in [0.25, 0.3) is 0 Å². The normalized spacial score (nSPS) is 21.6. The number of hydrogen-bond acceptors (Lipinski definition) is 6. The van der Waals surface area contributed by atoms with Crippen molar-refractivity contribution in [3.63, 3.8) is 0 Å². The maximum absolute atomic E-state index is 12.3. The molecule has 1 aromatic carbocycles. The summed E-state index contributed by atoms with van der Waals surface area (Å²) in [6.45, 7) is 6.26. The average Bonchev–Trinajstić information content (AvgIpc) is 2.84. The Balaban J connectivity index is 2.02. The number of esters is 2. The molecule has 0 bridgehead atoms. The van der Waals surface area contributed by atoms with Crippen LogP contribution in [0.4, 0.5) is 0 Å². The molecule has 0 N–H and O–H groups in total. The highest BCUT2D eigenvalue weighted by molar-refractivity contribution is 7.98. The molecule has 1 aliphatic rings. The molecular formula is C18H25NO4S. The summed E-state index contributed by atoms with van der Waals surface area (Å²) < 4.78 is 10.9. The molecule has 132 valence electrons. The van der Waals surface area contributed by atoms with Gasteiger partial charge in [0, 0.05) is 11.2 Å². The van der Waals surface area contributed by atoms with Crippen LogP contribution in [-0.2, 0) is 25.7 Å². The summed E-state index contributed by atoms with van der Waals surface area (Å²) in [6.07, 6.45) is 1.51. The standard InChI is InChI=1S/C18H25NO4S/c1-18(2,3)17-19(14(12-24-4)16(21)23-17)10-15(20)22-11-13-8-6-5-7-9-13/h5-9,14,17H,10-12H2,1-4H3/t14-,17-/m1/s1. The van der Waals surface area contributed by atoms with Crippen molar-refractivity contribution in [3.05, 3.63) is 35.9 Å². The minimum Gasteiger partial charge on any atom is -0.460 e. The molecule has 0 saturated carbocycles. The van der Waals surface area contributed by atoms with Crippen LogP contribution in [0.15, 0.2) is 30.3 Å². The van der Waals surface area contributed by atoms with Crippen molar-refractivity contribution < 1.29 is 19.1 Å². The lowest BCUT2D eigenvalue weighted by molar-refractivity contribution is -0.153. The van der Waals surface area contributed by atoms with Gasteiger partial charge in [-0.05, 0) is 11.8 Å². The van der Waals surface area contributed by atoms with E-state index < -0.39 is 12.3 Å². The summed E-state index contributed by atoms with van der Waals surface area (Å²) in [5.74, 6) is -0.0187. The second kappa shape index (κ2) is 8.03. The third-order valence-electron chi connectivity index (χ3n) is 3.82. The van der Waals surface area contributed by atoms with Gasteiger partial charge in [-0.2, -0.15) is 11.8 Å². The molecule has 1 saturated heterocycles. The summed E-state index contributed by atoms with van der Waals surface area (Å²) >= 11 is 1.56. The Kier molecular flexibility index (Phi) is 6.29. The fraction of sp³-hybridized carbons (Fsp3) is 0.556. The lowest BCUT2D eigenvalue weighted by Crippen LogP contribution is -2.47. The molecule has 1 aromatic rings. The second-order valence-electron chi connectivity index (χ2n) is 6.95.